The third-order valence-electron chi connectivity index (χ3n) is 0.897. The Bertz CT molecular complexity index is 282. The van der Waals surface area contributed by atoms with E-state index in [9.17, 15) is 14.9 Å². The van der Waals surface area contributed by atoms with Crippen molar-refractivity contribution < 1.29 is 9.34 Å². The second-order valence-electron chi connectivity index (χ2n) is 1.57. The number of nitrogens with zero attached hydrogens (tertiary/aromatic N) is 1. The lowest BCUT2D eigenvalue weighted by Crippen LogP contribution is -1.95. The lowest BCUT2D eigenvalue weighted by Gasteiger charge is -1.84. The van der Waals surface area contributed by atoms with E-state index in [4.69, 9.17) is 0 Å². The van der Waals surface area contributed by atoms with Gasteiger partial charge in [-0.05, 0) is 0 Å². The zero-order chi connectivity index (χ0) is 7.56. The van der Waals surface area contributed by atoms with Crippen molar-refractivity contribution in [3.05, 3.63) is 38.9 Å². The Morgan fingerprint density at radius 1 is 1.50 bits per heavy atom. The second kappa shape index (κ2) is 2.30. The van der Waals surface area contributed by atoms with Crippen LogP contribution in [0.4, 0.5) is 5.69 Å². The van der Waals surface area contributed by atoms with Crippen molar-refractivity contribution in [3.63, 3.8) is 0 Å². The Morgan fingerprint density at radius 3 is 2.60 bits per heavy atom. The van der Waals surface area contributed by atoms with Crippen LogP contribution in [-0.2, 0) is 0 Å². The van der Waals surface area contributed by atoms with Crippen LogP contribution < -0.4 is 5.63 Å². The molecule has 0 radical (unpaired) electrons. The van der Waals surface area contributed by atoms with E-state index in [0.717, 1.165) is 18.4 Å². The zero-order valence-electron chi connectivity index (χ0n) is 4.81. The molecule has 0 aromatic carbocycles. The smallest absolute Gasteiger partial charge is 0.336 e. The lowest BCUT2D eigenvalue weighted by atomic mass is 10.5. The third-order valence-corrected chi connectivity index (χ3v) is 0.897. The van der Waals surface area contributed by atoms with Gasteiger partial charge >= 0.3 is 11.3 Å². The zero-order valence-corrected chi connectivity index (χ0v) is 4.81. The molecule has 0 atom stereocenters. The van der Waals surface area contributed by atoms with Crippen LogP contribution in [0.3, 0.4) is 0 Å². The molecular weight excluding hydrogens is 138 g/mol. The minimum atomic E-state index is -0.636. The Hall–Kier alpha value is -1.65. The van der Waals surface area contributed by atoms with Crippen molar-refractivity contribution >= 4 is 5.69 Å². The number of rotatable bonds is 1. The average molecular weight is 141 g/mol. The van der Waals surface area contributed by atoms with E-state index in [-0.39, 0.29) is 5.69 Å². The van der Waals surface area contributed by atoms with Crippen molar-refractivity contribution in [1.29, 1.82) is 0 Å². The fraction of sp³-hybridized carbons (Fsp3) is 0. The highest BCUT2D eigenvalue weighted by Gasteiger charge is 2.03. The average Bonchev–Trinajstić information content (AvgIpc) is 1.88. The van der Waals surface area contributed by atoms with Gasteiger partial charge in [0.05, 0.1) is 4.92 Å². The Balaban J connectivity index is 3.12. The molecule has 0 fully saturated rings. The standard InChI is InChI=1S/C5H3NO4/c7-5-2-1-4(3-10-5)6(8)9/h1-3H. The molecule has 10 heavy (non-hydrogen) atoms. The largest absolute Gasteiger partial charge is 0.424 e. The molecule has 1 heterocycles. The van der Waals surface area contributed by atoms with Gasteiger partial charge in [0.25, 0.3) is 0 Å². The number of hydrogen-bond acceptors (Lipinski definition) is 4. The van der Waals surface area contributed by atoms with E-state index in [1.165, 1.54) is 0 Å². The molecule has 1 aromatic rings. The first-order valence-corrected chi connectivity index (χ1v) is 2.43. The summed E-state index contributed by atoms with van der Waals surface area (Å²) in [4.78, 5) is 19.6. The highest BCUT2D eigenvalue weighted by atomic mass is 16.6. The monoisotopic (exact) mass is 141 g/mol. The van der Waals surface area contributed by atoms with Crippen LogP contribution in [0.2, 0.25) is 0 Å². The second-order valence-corrected chi connectivity index (χ2v) is 1.57. The van der Waals surface area contributed by atoms with E-state index in [2.05, 4.69) is 4.42 Å². The first-order chi connectivity index (χ1) is 4.70. The third kappa shape index (κ3) is 1.19. The molecule has 0 aliphatic carbocycles. The maximum Gasteiger partial charge on any atom is 0.336 e. The summed E-state index contributed by atoms with van der Waals surface area (Å²) < 4.78 is 4.22. The lowest BCUT2D eigenvalue weighted by molar-refractivity contribution is -0.386. The molecule has 5 heteroatoms. The molecule has 0 saturated carbocycles. The quantitative estimate of drug-likeness (QED) is 0.422. The molecule has 1 aromatic heterocycles. The van der Waals surface area contributed by atoms with Crippen molar-refractivity contribution in [2.45, 2.75) is 0 Å². The molecule has 52 valence electrons. The molecule has 0 spiro atoms. The molecule has 5 nitrogen and oxygen atoms in total. The topological polar surface area (TPSA) is 73.3 Å². The highest BCUT2D eigenvalue weighted by molar-refractivity contribution is 5.21. The van der Waals surface area contributed by atoms with Crippen molar-refractivity contribution in [1.82, 2.24) is 0 Å². The van der Waals surface area contributed by atoms with E-state index in [0.29, 0.717) is 0 Å². The minimum absolute atomic E-state index is 0.223. The van der Waals surface area contributed by atoms with E-state index in [1.807, 2.05) is 0 Å². The summed E-state index contributed by atoms with van der Waals surface area (Å²) in [7, 11) is 0. The molecule has 0 aliphatic heterocycles. The molecule has 0 aliphatic rings. The number of hydrogen-bond donors (Lipinski definition) is 0. The van der Waals surface area contributed by atoms with Crippen LogP contribution in [0, 0.1) is 10.1 Å². The molecular formula is C5H3NO4. The first kappa shape index (κ1) is 6.47. The molecule has 0 N–H and O–H groups in total. The van der Waals surface area contributed by atoms with Gasteiger partial charge in [-0.1, -0.05) is 0 Å². The van der Waals surface area contributed by atoms with Crippen LogP contribution in [-0.4, -0.2) is 4.92 Å². The van der Waals surface area contributed by atoms with Crippen LogP contribution >= 0.6 is 0 Å². The fourth-order valence-corrected chi connectivity index (χ4v) is 0.454. The van der Waals surface area contributed by atoms with E-state index in [1.54, 1.807) is 0 Å². The Labute approximate surface area is 55.1 Å². The number of nitro groups is 1. The molecule has 0 unspecified atom stereocenters. The Kier molecular flexibility index (Phi) is 1.49. The summed E-state index contributed by atoms with van der Waals surface area (Å²) in [6.07, 6.45) is 0.808. The summed E-state index contributed by atoms with van der Waals surface area (Å²) in [5, 5.41) is 9.96. The van der Waals surface area contributed by atoms with Crippen LogP contribution in [0.1, 0.15) is 0 Å². The predicted molar refractivity (Wildman–Crippen MR) is 31.6 cm³/mol. The van der Waals surface area contributed by atoms with Crippen molar-refractivity contribution in [2.24, 2.45) is 0 Å². The van der Waals surface area contributed by atoms with Gasteiger partial charge in [-0.15, -0.1) is 0 Å². The fourth-order valence-electron chi connectivity index (χ4n) is 0.454. The molecule has 1 rings (SSSR count). The molecule has 0 saturated heterocycles. The maximum absolute atomic E-state index is 10.3. The van der Waals surface area contributed by atoms with Gasteiger partial charge in [0, 0.05) is 12.1 Å². The predicted octanol–water partition coefficient (Wildman–Crippen LogP) is 0.548. The van der Waals surface area contributed by atoms with E-state index >= 15 is 0 Å². The summed E-state index contributed by atoms with van der Waals surface area (Å²) in [5.74, 6) is 0. The van der Waals surface area contributed by atoms with Crippen molar-refractivity contribution in [2.75, 3.05) is 0 Å². The first-order valence-electron chi connectivity index (χ1n) is 2.43. The van der Waals surface area contributed by atoms with Gasteiger partial charge in [-0.2, -0.15) is 0 Å². The van der Waals surface area contributed by atoms with Crippen molar-refractivity contribution in [3.8, 4) is 0 Å². The van der Waals surface area contributed by atoms with Crippen LogP contribution in [0.5, 0.6) is 0 Å². The van der Waals surface area contributed by atoms with Gasteiger partial charge < -0.3 is 4.42 Å². The molecule has 0 bridgehead atoms. The summed E-state index contributed by atoms with van der Waals surface area (Å²) in [5.41, 5.74) is -0.815. The Morgan fingerprint density at radius 2 is 2.20 bits per heavy atom. The van der Waals surface area contributed by atoms with Gasteiger partial charge in [-0.25, -0.2) is 4.79 Å². The van der Waals surface area contributed by atoms with Gasteiger partial charge in [0.1, 0.15) is 0 Å². The van der Waals surface area contributed by atoms with Crippen LogP contribution in [0.15, 0.2) is 27.6 Å². The van der Waals surface area contributed by atoms with Gasteiger partial charge in [0.2, 0.25) is 0 Å². The normalized spacial score (nSPS) is 9.20. The van der Waals surface area contributed by atoms with Gasteiger partial charge in [0.15, 0.2) is 6.26 Å². The van der Waals surface area contributed by atoms with Crippen LogP contribution in [0.25, 0.3) is 0 Å². The summed E-state index contributed by atoms with van der Waals surface area (Å²) in [6, 6.07) is 2.09. The summed E-state index contributed by atoms with van der Waals surface area (Å²) >= 11 is 0. The minimum Gasteiger partial charge on any atom is -0.424 e. The van der Waals surface area contributed by atoms with E-state index < -0.39 is 10.5 Å². The SMILES string of the molecule is O=c1ccc([N+](=O)[O-])co1. The maximum atomic E-state index is 10.3. The summed E-state index contributed by atoms with van der Waals surface area (Å²) in [6.45, 7) is 0. The molecule has 0 amide bonds. The van der Waals surface area contributed by atoms with Gasteiger partial charge in [-0.3, -0.25) is 10.1 Å². The highest BCUT2D eigenvalue weighted by Crippen LogP contribution is 2.04.